The minimum absolute atomic E-state index is 0.762. The van der Waals surface area contributed by atoms with Crippen molar-refractivity contribution < 1.29 is 4.74 Å². The number of benzene rings is 1. The van der Waals surface area contributed by atoms with Crippen LogP contribution in [0.1, 0.15) is 6.92 Å². The van der Waals surface area contributed by atoms with Gasteiger partial charge in [0.2, 0.25) is 0 Å². The van der Waals surface area contributed by atoms with Gasteiger partial charge in [-0.2, -0.15) is 0 Å². The van der Waals surface area contributed by atoms with E-state index in [1.54, 1.807) is 11.3 Å². The first kappa shape index (κ1) is 10.5. The average molecular weight is 221 g/mol. The molecule has 0 unspecified atom stereocenters. The molecule has 0 saturated carbocycles. The maximum Gasteiger partial charge on any atom is 0.0638 e. The fourth-order valence-corrected chi connectivity index (χ4v) is 2.42. The van der Waals surface area contributed by atoms with E-state index >= 15 is 0 Å². The Morgan fingerprint density at radius 3 is 3.13 bits per heavy atom. The lowest BCUT2D eigenvalue weighted by Gasteiger charge is -2.07. The molecule has 0 fully saturated rings. The van der Waals surface area contributed by atoms with Gasteiger partial charge in [0.1, 0.15) is 0 Å². The molecule has 2 rings (SSSR count). The highest BCUT2D eigenvalue weighted by atomic mass is 32.1. The van der Waals surface area contributed by atoms with E-state index in [1.807, 2.05) is 6.92 Å². The molecular formula is C12H15NOS. The van der Waals surface area contributed by atoms with Crippen LogP contribution in [0, 0.1) is 0 Å². The monoisotopic (exact) mass is 221 g/mol. The zero-order valence-electron chi connectivity index (χ0n) is 8.82. The number of rotatable bonds is 5. The van der Waals surface area contributed by atoms with Crippen molar-refractivity contribution in [3.63, 3.8) is 0 Å². The molecule has 1 heterocycles. The molecule has 15 heavy (non-hydrogen) atoms. The van der Waals surface area contributed by atoms with Crippen LogP contribution in [0.5, 0.6) is 0 Å². The van der Waals surface area contributed by atoms with Gasteiger partial charge in [0.15, 0.2) is 0 Å². The number of nitrogens with one attached hydrogen (secondary N) is 1. The maximum atomic E-state index is 5.29. The van der Waals surface area contributed by atoms with Gasteiger partial charge in [0, 0.05) is 13.2 Å². The summed E-state index contributed by atoms with van der Waals surface area (Å²) in [5.41, 5.74) is 1.21. The van der Waals surface area contributed by atoms with Crippen molar-refractivity contribution in [2.45, 2.75) is 6.92 Å². The molecule has 3 heteroatoms. The van der Waals surface area contributed by atoms with Gasteiger partial charge in [-0.25, -0.2) is 0 Å². The Balaban J connectivity index is 2.04. The summed E-state index contributed by atoms with van der Waals surface area (Å²) in [5.74, 6) is 0. The van der Waals surface area contributed by atoms with E-state index in [1.165, 1.54) is 15.8 Å². The number of hydrogen-bond acceptors (Lipinski definition) is 3. The van der Waals surface area contributed by atoms with Crippen LogP contribution in [0.4, 0.5) is 5.69 Å². The third-order valence-corrected chi connectivity index (χ3v) is 3.21. The number of fused-ring (bicyclic) bond motifs is 1. The van der Waals surface area contributed by atoms with Crippen LogP contribution in [0.3, 0.4) is 0 Å². The van der Waals surface area contributed by atoms with Crippen molar-refractivity contribution in [1.82, 2.24) is 0 Å². The Labute approximate surface area is 93.9 Å². The molecule has 0 spiro atoms. The lowest BCUT2D eigenvalue weighted by Crippen LogP contribution is -2.08. The lowest BCUT2D eigenvalue weighted by atomic mass is 10.2. The highest BCUT2D eigenvalue weighted by Crippen LogP contribution is 2.28. The predicted molar refractivity (Wildman–Crippen MR) is 66.8 cm³/mol. The second kappa shape index (κ2) is 5.14. The standard InChI is InChI=1S/C12H15NOS/c1-2-14-8-7-13-11-5-3-4-10-6-9-15-12(10)11/h3-6,9,13H,2,7-8H2,1H3. The van der Waals surface area contributed by atoms with Crippen molar-refractivity contribution >= 4 is 27.1 Å². The Kier molecular flexibility index (Phi) is 3.59. The van der Waals surface area contributed by atoms with Gasteiger partial charge in [-0.3, -0.25) is 0 Å². The quantitative estimate of drug-likeness (QED) is 0.782. The SMILES string of the molecule is CCOCCNc1cccc2ccsc12. The maximum absolute atomic E-state index is 5.29. The largest absolute Gasteiger partial charge is 0.382 e. The summed E-state index contributed by atoms with van der Waals surface area (Å²) in [7, 11) is 0. The molecule has 0 radical (unpaired) electrons. The minimum Gasteiger partial charge on any atom is -0.382 e. The third kappa shape index (κ3) is 2.49. The lowest BCUT2D eigenvalue weighted by molar-refractivity contribution is 0.158. The summed E-state index contributed by atoms with van der Waals surface area (Å²) in [4.78, 5) is 0. The van der Waals surface area contributed by atoms with E-state index in [0.717, 1.165) is 19.8 Å². The van der Waals surface area contributed by atoms with Crippen molar-refractivity contribution in [2.75, 3.05) is 25.1 Å². The zero-order chi connectivity index (χ0) is 10.5. The van der Waals surface area contributed by atoms with Crippen molar-refractivity contribution in [3.05, 3.63) is 29.6 Å². The van der Waals surface area contributed by atoms with E-state index in [4.69, 9.17) is 4.74 Å². The minimum atomic E-state index is 0.762. The third-order valence-electron chi connectivity index (χ3n) is 2.24. The highest BCUT2D eigenvalue weighted by Gasteiger charge is 2.00. The van der Waals surface area contributed by atoms with Crippen LogP contribution >= 0.6 is 11.3 Å². The molecule has 0 saturated heterocycles. The zero-order valence-corrected chi connectivity index (χ0v) is 9.64. The number of hydrogen-bond donors (Lipinski definition) is 1. The molecule has 2 nitrogen and oxygen atoms in total. The molecule has 0 aliphatic carbocycles. The molecule has 0 bridgehead atoms. The first-order valence-corrected chi connectivity index (χ1v) is 6.07. The van der Waals surface area contributed by atoms with E-state index in [-0.39, 0.29) is 0 Å². The molecule has 0 amide bonds. The van der Waals surface area contributed by atoms with Crippen LogP contribution in [-0.4, -0.2) is 19.8 Å². The Bertz CT molecular complexity index is 424. The molecule has 0 atom stereocenters. The first-order valence-electron chi connectivity index (χ1n) is 5.19. The summed E-state index contributed by atoms with van der Waals surface area (Å²) in [5, 5.41) is 6.82. The summed E-state index contributed by atoms with van der Waals surface area (Å²) in [6.07, 6.45) is 0. The number of thiophene rings is 1. The van der Waals surface area contributed by atoms with Crippen LogP contribution < -0.4 is 5.32 Å². The second-order valence-corrected chi connectivity index (χ2v) is 4.18. The second-order valence-electron chi connectivity index (χ2n) is 3.27. The molecule has 0 aliphatic heterocycles. The van der Waals surface area contributed by atoms with Gasteiger partial charge in [0.05, 0.1) is 17.0 Å². The molecule has 1 N–H and O–H groups in total. The average Bonchev–Trinajstić information content (AvgIpc) is 2.73. The Morgan fingerprint density at radius 2 is 2.27 bits per heavy atom. The molecular weight excluding hydrogens is 206 g/mol. The van der Waals surface area contributed by atoms with E-state index in [9.17, 15) is 0 Å². The van der Waals surface area contributed by atoms with Gasteiger partial charge in [-0.1, -0.05) is 12.1 Å². The topological polar surface area (TPSA) is 21.3 Å². The van der Waals surface area contributed by atoms with Crippen LogP contribution in [0.2, 0.25) is 0 Å². The molecule has 2 aromatic rings. The Hall–Kier alpha value is -1.06. The van der Waals surface area contributed by atoms with Crippen molar-refractivity contribution in [2.24, 2.45) is 0 Å². The van der Waals surface area contributed by atoms with Crippen molar-refractivity contribution in [1.29, 1.82) is 0 Å². The fraction of sp³-hybridized carbons (Fsp3) is 0.333. The summed E-state index contributed by atoms with van der Waals surface area (Å²) in [6, 6.07) is 8.48. The summed E-state index contributed by atoms with van der Waals surface area (Å²) < 4.78 is 6.62. The van der Waals surface area contributed by atoms with Gasteiger partial charge in [0.25, 0.3) is 0 Å². The number of ether oxygens (including phenoxy) is 1. The summed E-state index contributed by atoms with van der Waals surface area (Å²) in [6.45, 7) is 4.42. The smallest absolute Gasteiger partial charge is 0.0638 e. The Morgan fingerprint density at radius 1 is 1.33 bits per heavy atom. The van der Waals surface area contributed by atoms with Crippen LogP contribution in [0.25, 0.3) is 10.1 Å². The van der Waals surface area contributed by atoms with Crippen molar-refractivity contribution in [3.8, 4) is 0 Å². The highest BCUT2D eigenvalue weighted by molar-refractivity contribution is 7.17. The molecule has 1 aromatic heterocycles. The van der Waals surface area contributed by atoms with Gasteiger partial charge in [-0.15, -0.1) is 11.3 Å². The van der Waals surface area contributed by atoms with Crippen LogP contribution in [0.15, 0.2) is 29.6 Å². The molecule has 1 aromatic carbocycles. The van der Waals surface area contributed by atoms with Crippen LogP contribution in [-0.2, 0) is 4.74 Å². The summed E-state index contributed by atoms with van der Waals surface area (Å²) >= 11 is 1.77. The van der Waals surface area contributed by atoms with Gasteiger partial charge in [-0.05, 0) is 29.8 Å². The normalized spacial score (nSPS) is 10.7. The van der Waals surface area contributed by atoms with Gasteiger partial charge >= 0.3 is 0 Å². The van der Waals surface area contributed by atoms with Gasteiger partial charge < -0.3 is 10.1 Å². The predicted octanol–water partition coefficient (Wildman–Crippen LogP) is 3.35. The fourth-order valence-electron chi connectivity index (χ4n) is 1.53. The van der Waals surface area contributed by atoms with E-state index in [0.29, 0.717) is 0 Å². The first-order chi connectivity index (χ1) is 7.42. The molecule has 0 aliphatic rings. The van der Waals surface area contributed by atoms with E-state index in [2.05, 4.69) is 35.0 Å². The molecule has 80 valence electrons. The van der Waals surface area contributed by atoms with E-state index < -0.39 is 0 Å². The number of anilines is 1.